The predicted octanol–water partition coefficient (Wildman–Crippen LogP) is 3.74. The van der Waals surface area contributed by atoms with Gasteiger partial charge in [0, 0.05) is 12.6 Å². The second kappa shape index (κ2) is 7.29. The van der Waals surface area contributed by atoms with Gasteiger partial charge in [-0.2, -0.15) is 8.78 Å². The number of hydrogen-bond donors (Lipinski definition) is 0. The normalized spacial score (nSPS) is 11.9. The zero-order chi connectivity index (χ0) is 20.4. The van der Waals surface area contributed by atoms with Crippen molar-refractivity contribution in [2.75, 3.05) is 13.6 Å². The van der Waals surface area contributed by atoms with Crippen LogP contribution in [0.5, 0.6) is 0 Å². The van der Waals surface area contributed by atoms with Crippen LogP contribution < -0.4 is 0 Å². The SMILES string of the molecule is CN(CC(F)(F)c1ccc(-n2ccc([N+](=O)[O-])n2)cc1)C(=O)OC(C)(C)C. The minimum absolute atomic E-state index is 0.302. The van der Waals surface area contributed by atoms with Crippen LogP contribution in [0.15, 0.2) is 36.5 Å². The van der Waals surface area contributed by atoms with Crippen molar-refractivity contribution in [2.45, 2.75) is 32.3 Å². The van der Waals surface area contributed by atoms with Crippen molar-refractivity contribution < 1.29 is 23.2 Å². The molecule has 0 bridgehead atoms. The lowest BCUT2D eigenvalue weighted by atomic mass is 10.1. The third-order valence-electron chi connectivity index (χ3n) is 3.46. The zero-order valence-corrected chi connectivity index (χ0v) is 15.3. The summed E-state index contributed by atoms with van der Waals surface area (Å²) in [7, 11) is 1.24. The van der Waals surface area contributed by atoms with E-state index in [4.69, 9.17) is 4.74 Å². The molecule has 10 heteroatoms. The maximum Gasteiger partial charge on any atom is 0.410 e. The van der Waals surface area contributed by atoms with E-state index < -0.39 is 29.1 Å². The number of nitrogens with zero attached hydrogens (tertiary/aromatic N) is 4. The maximum absolute atomic E-state index is 14.5. The molecule has 146 valence electrons. The molecule has 0 atom stereocenters. The summed E-state index contributed by atoms with van der Waals surface area (Å²) < 4.78 is 35.2. The molecular weight excluding hydrogens is 362 g/mol. The van der Waals surface area contributed by atoms with E-state index in [9.17, 15) is 23.7 Å². The number of amides is 1. The Hall–Kier alpha value is -3.04. The van der Waals surface area contributed by atoms with Gasteiger partial charge in [0.1, 0.15) is 5.60 Å². The van der Waals surface area contributed by atoms with Gasteiger partial charge in [-0.1, -0.05) is 12.1 Å². The summed E-state index contributed by atoms with van der Waals surface area (Å²) in [5.74, 6) is -3.65. The molecule has 2 rings (SSSR count). The Labute approximate surface area is 154 Å². The van der Waals surface area contributed by atoms with Crippen LogP contribution >= 0.6 is 0 Å². The lowest BCUT2D eigenvalue weighted by molar-refractivity contribution is -0.389. The van der Waals surface area contributed by atoms with Crippen LogP contribution in [0, 0.1) is 10.1 Å². The Morgan fingerprint density at radius 2 is 1.85 bits per heavy atom. The summed E-state index contributed by atoms with van der Waals surface area (Å²) in [5.41, 5.74) is -0.694. The van der Waals surface area contributed by atoms with E-state index in [2.05, 4.69) is 5.10 Å². The topological polar surface area (TPSA) is 90.5 Å². The highest BCUT2D eigenvalue weighted by Gasteiger charge is 2.35. The van der Waals surface area contributed by atoms with E-state index in [0.29, 0.717) is 5.69 Å². The first-order valence-corrected chi connectivity index (χ1v) is 8.02. The maximum atomic E-state index is 14.5. The van der Waals surface area contributed by atoms with Crippen LogP contribution in [0.3, 0.4) is 0 Å². The highest BCUT2D eigenvalue weighted by molar-refractivity contribution is 5.67. The van der Waals surface area contributed by atoms with Crippen LogP contribution in [0.2, 0.25) is 0 Å². The summed E-state index contributed by atoms with van der Waals surface area (Å²) in [4.78, 5) is 22.7. The van der Waals surface area contributed by atoms with E-state index in [1.54, 1.807) is 20.8 Å². The first-order valence-electron chi connectivity index (χ1n) is 8.02. The molecule has 1 amide bonds. The summed E-state index contributed by atoms with van der Waals surface area (Å²) in [6, 6.07) is 6.32. The number of rotatable bonds is 5. The van der Waals surface area contributed by atoms with Gasteiger partial charge in [0.25, 0.3) is 5.92 Å². The third-order valence-corrected chi connectivity index (χ3v) is 3.46. The van der Waals surface area contributed by atoms with Crippen molar-refractivity contribution >= 4 is 11.9 Å². The Kier molecular flexibility index (Phi) is 5.48. The first kappa shape index (κ1) is 20.3. The van der Waals surface area contributed by atoms with E-state index in [1.807, 2.05) is 0 Å². The number of aromatic nitrogens is 2. The van der Waals surface area contributed by atoms with Crippen molar-refractivity contribution in [3.05, 3.63) is 52.2 Å². The van der Waals surface area contributed by atoms with Gasteiger partial charge in [0.05, 0.1) is 29.6 Å². The molecule has 1 aromatic carbocycles. The lowest BCUT2D eigenvalue weighted by Crippen LogP contribution is -2.40. The molecule has 0 aliphatic rings. The fourth-order valence-corrected chi connectivity index (χ4v) is 2.21. The Bertz CT molecular complexity index is 828. The highest BCUT2D eigenvalue weighted by Crippen LogP contribution is 2.30. The van der Waals surface area contributed by atoms with Gasteiger partial charge in [-0.05, 0) is 37.8 Å². The number of likely N-dealkylation sites (N-methyl/N-ethyl adjacent to an activating group) is 1. The number of carbonyl (C=O) groups is 1. The average molecular weight is 382 g/mol. The number of benzene rings is 1. The van der Waals surface area contributed by atoms with Gasteiger partial charge in [-0.25, -0.2) is 4.79 Å². The molecule has 0 saturated carbocycles. The first-order chi connectivity index (χ1) is 12.4. The number of nitro groups is 1. The molecule has 0 spiro atoms. The standard InChI is InChI=1S/C17H20F2N4O4/c1-16(2,3)27-15(24)21(4)11-17(18,19)12-5-7-13(8-6-12)22-10-9-14(20-22)23(25)26/h5-10H,11H2,1-4H3. The largest absolute Gasteiger partial charge is 0.444 e. The van der Waals surface area contributed by atoms with Crippen molar-refractivity contribution in [3.63, 3.8) is 0 Å². The molecule has 0 N–H and O–H groups in total. The van der Waals surface area contributed by atoms with Crippen LogP contribution in [0.4, 0.5) is 19.4 Å². The summed E-state index contributed by atoms with van der Waals surface area (Å²) in [6.07, 6.45) is 0.518. The number of halogens is 2. The van der Waals surface area contributed by atoms with Gasteiger partial charge in [0.2, 0.25) is 0 Å². The van der Waals surface area contributed by atoms with Gasteiger partial charge in [0.15, 0.2) is 0 Å². The summed E-state index contributed by atoms with van der Waals surface area (Å²) in [5, 5.41) is 14.4. The minimum atomic E-state index is -3.31. The lowest BCUT2D eigenvalue weighted by Gasteiger charge is -2.27. The predicted molar refractivity (Wildman–Crippen MR) is 93.0 cm³/mol. The summed E-state index contributed by atoms with van der Waals surface area (Å²) in [6.45, 7) is 4.09. The van der Waals surface area contributed by atoms with Crippen LogP contribution in [-0.2, 0) is 10.7 Å². The fraction of sp³-hybridized carbons (Fsp3) is 0.412. The Morgan fingerprint density at radius 3 is 2.33 bits per heavy atom. The molecule has 1 heterocycles. The van der Waals surface area contributed by atoms with Crippen molar-refractivity contribution in [3.8, 4) is 5.69 Å². The molecular formula is C17H20F2N4O4. The second-order valence-corrected chi connectivity index (χ2v) is 6.96. The number of hydrogen-bond acceptors (Lipinski definition) is 5. The van der Waals surface area contributed by atoms with Crippen LogP contribution in [0.1, 0.15) is 26.3 Å². The smallest absolute Gasteiger partial charge is 0.410 e. The Balaban J connectivity index is 2.12. The molecule has 0 radical (unpaired) electrons. The molecule has 0 unspecified atom stereocenters. The van der Waals surface area contributed by atoms with E-state index in [0.717, 1.165) is 4.90 Å². The molecule has 27 heavy (non-hydrogen) atoms. The molecule has 8 nitrogen and oxygen atoms in total. The van der Waals surface area contributed by atoms with Gasteiger partial charge in [-0.15, -0.1) is 4.68 Å². The third kappa shape index (κ3) is 5.22. The molecule has 0 saturated heterocycles. The molecule has 0 fully saturated rings. The molecule has 0 aliphatic carbocycles. The van der Waals surface area contributed by atoms with E-state index in [1.165, 1.54) is 48.3 Å². The van der Waals surface area contributed by atoms with Gasteiger partial charge >= 0.3 is 11.9 Å². The Morgan fingerprint density at radius 1 is 1.26 bits per heavy atom. The molecule has 1 aromatic heterocycles. The van der Waals surface area contributed by atoms with Crippen molar-refractivity contribution in [1.29, 1.82) is 0 Å². The monoisotopic (exact) mass is 382 g/mol. The van der Waals surface area contributed by atoms with Crippen molar-refractivity contribution in [2.24, 2.45) is 0 Å². The van der Waals surface area contributed by atoms with Gasteiger partial charge < -0.3 is 19.8 Å². The average Bonchev–Trinajstić information content (AvgIpc) is 3.03. The van der Waals surface area contributed by atoms with Crippen LogP contribution in [0.25, 0.3) is 5.69 Å². The fourth-order valence-electron chi connectivity index (χ4n) is 2.21. The highest BCUT2D eigenvalue weighted by atomic mass is 19.3. The molecule has 0 aliphatic heterocycles. The minimum Gasteiger partial charge on any atom is -0.444 e. The summed E-state index contributed by atoms with van der Waals surface area (Å²) >= 11 is 0. The van der Waals surface area contributed by atoms with Crippen LogP contribution in [-0.4, -0.2) is 44.9 Å². The number of alkyl halides is 2. The zero-order valence-electron chi connectivity index (χ0n) is 15.3. The van der Waals surface area contributed by atoms with Crippen molar-refractivity contribution in [1.82, 2.24) is 14.7 Å². The number of carbonyl (C=O) groups excluding carboxylic acids is 1. The quantitative estimate of drug-likeness (QED) is 0.580. The second-order valence-electron chi connectivity index (χ2n) is 6.96. The van der Waals surface area contributed by atoms with Gasteiger partial charge in [-0.3, -0.25) is 0 Å². The van der Waals surface area contributed by atoms with E-state index >= 15 is 0 Å². The van der Waals surface area contributed by atoms with E-state index in [-0.39, 0.29) is 11.4 Å². The molecule has 2 aromatic rings. The number of ether oxygens (including phenoxy) is 1.